The highest BCUT2D eigenvalue weighted by Gasteiger charge is 2.28. The van der Waals surface area contributed by atoms with E-state index in [1.807, 2.05) is 32.3 Å². The van der Waals surface area contributed by atoms with Gasteiger partial charge < -0.3 is 15.1 Å². The number of nitrogens with zero attached hydrogens (tertiary/aromatic N) is 4. The van der Waals surface area contributed by atoms with Crippen molar-refractivity contribution in [1.82, 2.24) is 20.2 Å². The first-order valence-electron chi connectivity index (χ1n) is 14.5. The second-order valence-corrected chi connectivity index (χ2v) is 11.2. The van der Waals surface area contributed by atoms with Crippen LogP contribution in [0.15, 0.2) is 73.2 Å². The van der Waals surface area contributed by atoms with E-state index in [-0.39, 0.29) is 5.91 Å². The van der Waals surface area contributed by atoms with Crippen molar-refractivity contribution in [3.05, 3.63) is 101 Å². The van der Waals surface area contributed by atoms with Gasteiger partial charge in [0.25, 0.3) is 5.91 Å². The van der Waals surface area contributed by atoms with Crippen LogP contribution in [0.3, 0.4) is 0 Å². The van der Waals surface area contributed by atoms with E-state index in [2.05, 4.69) is 87.5 Å². The molecule has 2 aromatic heterocycles. The van der Waals surface area contributed by atoms with Gasteiger partial charge in [0.1, 0.15) is 0 Å². The fourth-order valence-corrected chi connectivity index (χ4v) is 5.97. The molecule has 1 atom stereocenters. The quantitative estimate of drug-likeness (QED) is 0.275. The third-order valence-corrected chi connectivity index (χ3v) is 8.54. The summed E-state index contributed by atoms with van der Waals surface area (Å²) in [6, 6.07) is 20.3. The second kappa shape index (κ2) is 12.6. The Hall–Kier alpha value is -3.77. The largest absolute Gasteiger partial charge is 0.364 e. The minimum Gasteiger partial charge on any atom is -0.364 e. The van der Waals surface area contributed by atoms with E-state index in [4.69, 9.17) is 0 Å². The number of carbonyl (C=O) groups excluding carboxylic acids is 1. The highest BCUT2D eigenvalue weighted by atomic mass is 16.1. The van der Waals surface area contributed by atoms with Gasteiger partial charge in [0.2, 0.25) is 0 Å². The molecule has 2 aromatic carbocycles. The first-order chi connectivity index (χ1) is 19.4. The summed E-state index contributed by atoms with van der Waals surface area (Å²) >= 11 is 0. The number of aryl methyl sites for hydroxylation is 3. The smallest absolute Gasteiger partial charge is 0.253 e. The van der Waals surface area contributed by atoms with Crippen LogP contribution in [0, 0.1) is 20.8 Å². The number of hydrogen-bond acceptors (Lipinski definition) is 5. The van der Waals surface area contributed by atoms with Gasteiger partial charge >= 0.3 is 0 Å². The molecule has 4 aromatic rings. The van der Waals surface area contributed by atoms with E-state index < -0.39 is 0 Å². The monoisotopic (exact) mass is 535 g/mol. The minimum absolute atomic E-state index is 0.0225. The maximum absolute atomic E-state index is 12.8. The van der Waals surface area contributed by atoms with Crippen molar-refractivity contribution < 1.29 is 4.79 Å². The highest BCUT2D eigenvalue weighted by molar-refractivity contribution is 5.96. The van der Waals surface area contributed by atoms with E-state index in [9.17, 15) is 4.79 Å². The Bertz CT molecular complexity index is 1440. The predicted octanol–water partition coefficient (Wildman–Crippen LogP) is 6.23. The molecule has 1 N–H and O–H groups in total. The van der Waals surface area contributed by atoms with Crippen LogP contribution in [0.4, 0.5) is 5.69 Å². The van der Waals surface area contributed by atoms with Crippen LogP contribution in [-0.2, 0) is 6.54 Å². The fourth-order valence-electron chi connectivity index (χ4n) is 5.97. The van der Waals surface area contributed by atoms with Gasteiger partial charge in [0, 0.05) is 62.5 Å². The van der Waals surface area contributed by atoms with Gasteiger partial charge in [0.05, 0.1) is 11.3 Å². The van der Waals surface area contributed by atoms with Gasteiger partial charge in [-0.1, -0.05) is 30.3 Å². The van der Waals surface area contributed by atoms with Crippen molar-refractivity contribution in [2.75, 3.05) is 24.5 Å². The van der Waals surface area contributed by atoms with Crippen LogP contribution >= 0.6 is 0 Å². The number of pyridine rings is 2. The zero-order valence-corrected chi connectivity index (χ0v) is 24.2. The van der Waals surface area contributed by atoms with Crippen molar-refractivity contribution >= 4 is 22.4 Å². The van der Waals surface area contributed by atoms with Crippen molar-refractivity contribution in [1.29, 1.82) is 0 Å². The lowest BCUT2D eigenvalue weighted by Gasteiger charge is -2.42. The van der Waals surface area contributed by atoms with E-state index in [1.54, 1.807) is 6.20 Å². The molecule has 1 saturated heterocycles. The summed E-state index contributed by atoms with van der Waals surface area (Å²) in [6.45, 7) is 11.9. The fraction of sp³-hybridized carbons (Fsp3) is 0.382. The zero-order valence-electron chi connectivity index (χ0n) is 24.2. The average Bonchev–Trinajstić information content (AvgIpc) is 2.96. The molecular formula is C34H41N5O. The van der Waals surface area contributed by atoms with Gasteiger partial charge in [-0.15, -0.1) is 0 Å². The Labute approximate surface area is 238 Å². The molecule has 1 fully saturated rings. The SMILES string of the molecule is Cc1ccncc1CN(c1ccc2ccccc2c1)C1CCN(C(C)CCNC(=O)c2c(C)ccnc2C)CC1. The molecule has 5 rings (SSSR count). The molecule has 0 radical (unpaired) electrons. The Morgan fingerprint density at radius 2 is 1.75 bits per heavy atom. The van der Waals surface area contributed by atoms with Crippen LogP contribution in [0.25, 0.3) is 10.8 Å². The third-order valence-electron chi connectivity index (χ3n) is 8.54. The molecular weight excluding hydrogens is 494 g/mol. The topological polar surface area (TPSA) is 61.4 Å². The molecule has 1 aliphatic heterocycles. The summed E-state index contributed by atoms with van der Waals surface area (Å²) in [5.74, 6) is -0.0225. The molecule has 6 heteroatoms. The number of aromatic nitrogens is 2. The summed E-state index contributed by atoms with van der Waals surface area (Å²) in [7, 11) is 0. The number of rotatable bonds is 9. The van der Waals surface area contributed by atoms with E-state index in [0.29, 0.717) is 24.2 Å². The van der Waals surface area contributed by atoms with Gasteiger partial charge in [-0.2, -0.15) is 0 Å². The molecule has 0 aliphatic carbocycles. The third kappa shape index (κ3) is 6.34. The number of amides is 1. The van der Waals surface area contributed by atoms with E-state index in [0.717, 1.165) is 50.2 Å². The molecule has 6 nitrogen and oxygen atoms in total. The Morgan fingerprint density at radius 3 is 2.50 bits per heavy atom. The number of anilines is 1. The molecule has 0 spiro atoms. The summed E-state index contributed by atoms with van der Waals surface area (Å²) in [5, 5.41) is 5.67. The lowest BCUT2D eigenvalue weighted by atomic mass is 9.98. The number of nitrogens with one attached hydrogen (secondary N) is 1. The molecule has 0 saturated carbocycles. The van der Waals surface area contributed by atoms with Gasteiger partial charge in [-0.25, -0.2) is 0 Å². The summed E-state index contributed by atoms with van der Waals surface area (Å²) in [6.07, 6.45) is 8.79. The van der Waals surface area contributed by atoms with Gasteiger partial charge in [-0.3, -0.25) is 14.8 Å². The molecule has 1 unspecified atom stereocenters. The first kappa shape index (κ1) is 27.8. The van der Waals surface area contributed by atoms with Crippen molar-refractivity contribution in [3.8, 4) is 0 Å². The van der Waals surface area contributed by atoms with E-state index in [1.165, 1.54) is 27.6 Å². The predicted molar refractivity (Wildman–Crippen MR) is 164 cm³/mol. The summed E-state index contributed by atoms with van der Waals surface area (Å²) in [5.41, 5.74) is 6.29. The van der Waals surface area contributed by atoms with E-state index >= 15 is 0 Å². The highest BCUT2D eigenvalue weighted by Crippen LogP contribution is 2.30. The van der Waals surface area contributed by atoms with Crippen LogP contribution < -0.4 is 10.2 Å². The van der Waals surface area contributed by atoms with Gasteiger partial charge in [-0.05, 0) is 98.7 Å². The molecule has 208 valence electrons. The van der Waals surface area contributed by atoms with Crippen LogP contribution in [0.1, 0.15) is 58.9 Å². The number of fused-ring (bicyclic) bond motifs is 1. The molecule has 3 heterocycles. The Morgan fingerprint density at radius 1 is 1.00 bits per heavy atom. The minimum atomic E-state index is -0.0225. The Kier molecular flexibility index (Phi) is 8.75. The van der Waals surface area contributed by atoms with Crippen LogP contribution in [0.5, 0.6) is 0 Å². The summed E-state index contributed by atoms with van der Waals surface area (Å²) < 4.78 is 0. The average molecular weight is 536 g/mol. The molecule has 0 bridgehead atoms. The first-order valence-corrected chi connectivity index (χ1v) is 14.5. The van der Waals surface area contributed by atoms with Crippen molar-refractivity contribution in [2.24, 2.45) is 0 Å². The van der Waals surface area contributed by atoms with Gasteiger partial charge in [0.15, 0.2) is 0 Å². The lowest BCUT2D eigenvalue weighted by molar-refractivity contribution is 0.0943. The number of likely N-dealkylation sites (tertiary alicyclic amines) is 1. The summed E-state index contributed by atoms with van der Waals surface area (Å²) in [4.78, 5) is 26.7. The van der Waals surface area contributed by atoms with Crippen molar-refractivity contribution in [2.45, 2.75) is 65.6 Å². The molecule has 1 aliphatic rings. The molecule has 40 heavy (non-hydrogen) atoms. The van der Waals surface area contributed by atoms with Crippen molar-refractivity contribution in [3.63, 3.8) is 0 Å². The normalized spacial score (nSPS) is 15.2. The number of benzene rings is 2. The molecule has 1 amide bonds. The number of hydrogen-bond donors (Lipinski definition) is 1. The number of piperidine rings is 1. The maximum atomic E-state index is 12.8. The maximum Gasteiger partial charge on any atom is 0.253 e. The Balaban J connectivity index is 1.22. The van der Waals surface area contributed by atoms with Crippen LogP contribution in [-0.4, -0.2) is 52.5 Å². The van der Waals surface area contributed by atoms with Crippen LogP contribution in [0.2, 0.25) is 0 Å². The standard InChI is InChI=1S/C34H41N5O/c1-24-11-16-35-22-30(24)23-39(32-10-9-28-7-5-6-8-29(28)21-32)31-14-19-38(20-15-31)26(3)13-18-37-34(40)33-25(2)12-17-36-27(33)4/h5-12,16-17,21-22,26,31H,13-15,18-20,23H2,1-4H3,(H,37,40). The second-order valence-electron chi connectivity index (χ2n) is 11.2. The number of carbonyl (C=O) groups is 1. The zero-order chi connectivity index (χ0) is 28.1. The lowest BCUT2D eigenvalue weighted by Crippen LogP contribution is -2.48.